The molecule has 1 amide bonds. The Morgan fingerprint density at radius 2 is 1.84 bits per heavy atom. The number of hydrogen-bond donors (Lipinski definition) is 1. The molecule has 0 radical (unpaired) electrons. The van der Waals surface area contributed by atoms with Crippen LogP contribution in [0.5, 0.6) is 5.75 Å². The molecule has 0 spiro atoms. The number of nitrogens with zero attached hydrogens (tertiary/aromatic N) is 3. The number of carbonyl (C=O) groups is 1. The van der Waals surface area contributed by atoms with Crippen molar-refractivity contribution >= 4 is 17.5 Å². The van der Waals surface area contributed by atoms with E-state index < -0.39 is 0 Å². The molecular weight excluding hydrogens is 340 g/mol. The molecule has 1 N–H and O–H groups in total. The first-order chi connectivity index (χ1) is 12.1. The molecule has 0 fully saturated rings. The van der Waals surface area contributed by atoms with Crippen molar-refractivity contribution < 1.29 is 9.53 Å². The van der Waals surface area contributed by atoms with Gasteiger partial charge in [0, 0.05) is 5.02 Å². The van der Waals surface area contributed by atoms with E-state index in [-0.39, 0.29) is 5.91 Å². The van der Waals surface area contributed by atoms with Crippen molar-refractivity contribution in [2.75, 3.05) is 13.2 Å². The van der Waals surface area contributed by atoms with Gasteiger partial charge in [0.25, 0.3) is 5.91 Å². The first-order valence-electron chi connectivity index (χ1n) is 7.79. The summed E-state index contributed by atoms with van der Waals surface area (Å²) in [6, 6.07) is 16.5. The maximum Gasteiger partial charge on any atom is 0.273 e. The summed E-state index contributed by atoms with van der Waals surface area (Å²) < 4.78 is 5.54. The fourth-order valence-corrected chi connectivity index (χ4v) is 2.34. The van der Waals surface area contributed by atoms with Crippen LogP contribution in [0.25, 0.3) is 5.69 Å². The lowest BCUT2D eigenvalue weighted by Crippen LogP contribution is -2.29. The standard InChI is InChI=1S/C18H17ClN4O2/c1-13-17(22-23(21-13)15-5-3-2-4-6-15)18(24)20-11-12-25-16-9-7-14(19)8-10-16/h2-10H,11-12H2,1H3,(H,20,24). The maximum absolute atomic E-state index is 12.3. The predicted molar refractivity (Wildman–Crippen MR) is 95.4 cm³/mol. The minimum absolute atomic E-state index is 0.278. The van der Waals surface area contributed by atoms with Crippen molar-refractivity contribution in [3.05, 3.63) is 71.0 Å². The van der Waals surface area contributed by atoms with Gasteiger partial charge in [0.2, 0.25) is 0 Å². The van der Waals surface area contributed by atoms with E-state index in [1.807, 2.05) is 30.3 Å². The Labute approximate surface area is 150 Å². The highest BCUT2D eigenvalue weighted by Gasteiger charge is 2.15. The second-order valence-corrected chi connectivity index (χ2v) is 5.75. The average Bonchev–Trinajstić information content (AvgIpc) is 3.03. The minimum Gasteiger partial charge on any atom is -0.492 e. The number of benzene rings is 2. The summed E-state index contributed by atoms with van der Waals surface area (Å²) in [4.78, 5) is 13.7. The van der Waals surface area contributed by atoms with Gasteiger partial charge in [-0.3, -0.25) is 4.79 Å². The fraction of sp³-hybridized carbons (Fsp3) is 0.167. The lowest BCUT2D eigenvalue weighted by molar-refractivity contribution is 0.0941. The molecule has 3 rings (SSSR count). The largest absolute Gasteiger partial charge is 0.492 e. The molecule has 0 aliphatic heterocycles. The summed E-state index contributed by atoms with van der Waals surface area (Å²) in [5.74, 6) is 0.421. The number of para-hydroxylation sites is 1. The number of ether oxygens (including phenoxy) is 1. The minimum atomic E-state index is -0.278. The molecule has 0 aliphatic rings. The van der Waals surface area contributed by atoms with E-state index in [9.17, 15) is 4.79 Å². The van der Waals surface area contributed by atoms with Gasteiger partial charge in [-0.25, -0.2) is 0 Å². The van der Waals surface area contributed by atoms with Crippen molar-refractivity contribution in [1.29, 1.82) is 0 Å². The lowest BCUT2D eigenvalue weighted by atomic mass is 10.3. The molecular formula is C18H17ClN4O2. The number of nitrogens with one attached hydrogen (secondary N) is 1. The predicted octanol–water partition coefficient (Wildman–Crippen LogP) is 3.04. The number of amides is 1. The Balaban J connectivity index is 1.55. The van der Waals surface area contributed by atoms with E-state index >= 15 is 0 Å². The van der Waals surface area contributed by atoms with Gasteiger partial charge in [-0.1, -0.05) is 29.8 Å². The first-order valence-corrected chi connectivity index (χ1v) is 8.17. The van der Waals surface area contributed by atoms with Crippen molar-refractivity contribution in [2.45, 2.75) is 6.92 Å². The van der Waals surface area contributed by atoms with Gasteiger partial charge in [0.15, 0.2) is 5.69 Å². The Bertz CT molecular complexity index is 847. The molecule has 0 atom stereocenters. The van der Waals surface area contributed by atoms with Crippen molar-refractivity contribution in [2.24, 2.45) is 0 Å². The normalized spacial score (nSPS) is 10.5. The zero-order valence-corrected chi connectivity index (χ0v) is 14.4. The molecule has 25 heavy (non-hydrogen) atoms. The molecule has 128 valence electrons. The fourth-order valence-electron chi connectivity index (χ4n) is 2.21. The zero-order chi connectivity index (χ0) is 17.6. The highest BCUT2D eigenvalue weighted by Crippen LogP contribution is 2.15. The molecule has 1 aromatic heterocycles. The molecule has 7 heteroatoms. The third-order valence-electron chi connectivity index (χ3n) is 3.45. The van der Waals surface area contributed by atoms with Crippen LogP contribution < -0.4 is 10.1 Å². The summed E-state index contributed by atoms with van der Waals surface area (Å²) in [5.41, 5.74) is 1.67. The van der Waals surface area contributed by atoms with Crippen LogP contribution in [-0.4, -0.2) is 34.1 Å². The highest BCUT2D eigenvalue weighted by molar-refractivity contribution is 6.30. The summed E-state index contributed by atoms with van der Waals surface area (Å²) in [5, 5.41) is 12.0. The second-order valence-electron chi connectivity index (χ2n) is 5.32. The van der Waals surface area contributed by atoms with Crippen LogP contribution in [0.15, 0.2) is 54.6 Å². The van der Waals surface area contributed by atoms with Crippen LogP contribution in [0, 0.1) is 6.92 Å². The number of halogens is 1. The van der Waals surface area contributed by atoms with E-state index in [4.69, 9.17) is 16.3 Å². The topological polar surface area (TPSA) is 69.0 Å². The Morgan fingerprint density at radius 3 is 2.56 bits per heavy atom. The molecule has 6 nitrogen and oxygen atoms in total. The highest BCUT2D eigenvalue weighted by atomic mass is 35.5. The summed E-state index contributed by atoms with van der Waals surface area (Å²) in [7, 11) is 0. The Morgan fingerprint density at radius 1 is 1.12 bits per heavy atom. The molecule has 1 heterocycles. The Hall–Kier alpha value is -2.86. The average molecular weight is 357 g/mol. The summed E-state index contributed by atoms with van der Waals surface area (Å²) in [6.45, 7) is 2.46. The van der Waals surface area contributed by atoms with Crippen molar-refractivity contribution in [1.82, 2.24) is 20.3 Å². The van der Waals surface area contributed by atoms with E-state index in [0.717, 1.165) is 5.69 Å². The number of aryl methyl sites for hydroxylation is 1. The van der Waals surface area contributed by atoms with E-state index in [1.54, 1.807) is 31.2 Å². The Kier molecular flexibility index (Phi) is 5.30. The van der Waals surface area contributed by atoms with Crippen LogP contribution in [-0.2, 0) is 0 Å². The monoisotopic (exact) mass is 356 g/mol. The third-order valence-corrected chi connectivity index (χ3v) is 3.71. The third kappa shape index (κ3) is 4.36. The smallest absolute Gasteiger partial charge is 0.273 e. The summed E-state index contributed by atoms with van der Waals surface area (Å²) >= 11 is 5.82. The SMILES string of the molecule is Cc1nn(-c2ccccc2)nc1C(=O)NCCOc1ccc(Cl)cc1. The molecule has 0 aliphatic carbocycles. The molecule has 3 aromatic rings. The van der Waals surface area contributed by atoms with E-state index in [1.165, 1.54) is 4.80 Å². The van der Waals surface area contributed by atoms with Crippen LogP contribution in [0.4, 0.5) is 0 Å². The second kappa shape index (κ2) is 7.81. The van der Waals surface area contributed by atoms with Crippen LogP contribution in [0.3, 0.4) is 0 Å². The molecule has 0 saturated heterocycles. The molecule has 0 unspecified atom stereocenters. The molecule has 2 aromatic carbocycles. The maximum atomic E-state index is 12.3. The number of rotatable bonds is 6. The van der Waals surface area contributed by atoms with E-state index in [0.29, 0.717) is 35.3 Å². The first kappa shape index (κ1) is 17.0. The molecule has 0 saturated carbocycles. The van der Waals surface area contributed by atoms with Crippen LogP contribution in [0.2, 0.25) is 5.02 Å². The van der Waals surface area contributed by atoms with Gasteiger partial charge in [-0.2, -0.15) is 9.90 Å². The van der Waals surface area contributed by atoms with Gasteiger partial charge in [-0.05, 0) is 43.3 Å². The van der Waals surface area contributed by atoms with Gasteiger partial charge >= 0.3 is 0 Å². The molecule has 0 bridgehead atoms. The van der Waals surface area contributed by atoms with Crippen molar-refractivity contribution in [3.63, 3.8) is 0 Å². The van der Waals surface area contributed by atoms with Gasteiger partial charge in [-0.15, -0.1) is 5.10 Å². The van der Waals surface area contributed by atoms with E-state index in [2.05, 4.69) is 15.5 Å². The number of aromatic nitrogens is 3. The number of carbonyl (C=O) groups excluding carboxylic acids is 1. The quantitative estimate of drug-likeness (QED) is 0.689. The van der Waals surface area contributed by atoms with Gasteiger partial charge < -0.3 is 10.1 Å². The van der Waals surface area contributed by atoms with Crippen LogP contribution >= 0.6 is 11.6 Å². The number of hydrogen-bond acceptors (Lipinski definition) is 4. The van der Waals surface area contributed by atoms with Crippen molar-refractivity contribution in [3.8, 4) is 11.4 Å². The lowest BCUT2D eigenvalue weighted by Gasteiger charge is -2.07. The summed E-state index contributed by atoms with van der Waals surface area (Å²) in [6.07, 6.45) is 0. The van der Waals surface area contributed by atoms with Gasteiger partial charge in [0.05, 0.1) is 17.9 Å². The van der Waals surface area contributed by atoms with Crippen LogP contribution in [0.1, 0.15) is 16.2 Å². The zero-order valence-electron chi connectivity index (χ0n) is 13.6. The van der Waals surface area contributed by atoms with Gasteiger partial charge in [0.1, 0.15) is 12.4 Å².